The molecule has 2 N–H and O–H groups in total. The molecule has 0 spiro atoms. The second-order valence-corrected chi connectivity index (χ2v) is 16.2. The van der Waals surface area contributed by atoms with Crippen molar-refractivity contribution in [3.8, 4) is 51.7 Å². The fourth-order valence-electron chi connectivity index (χ4n) is 8.79. The predicted molar refractivity (Wildman–Crippen MR) is 257 cm³/mol. The SMILES string of the molecule is COc1cc2c(OC)cc1Cc1cc(OC)c(cc1CCNC(=O)Nc1ccc(C)cc1)Cc1cc(OC)c(cc1OC)Cc1cc(OC)c(cc1OC)Cc1cc(OC)c(cc1OC)C2. The summed E-state index contributed by atoms with van der Waals surface area (Å²) in [5, 5.41) is 6.00. The van der Waals surface area contributed by atoms with Gasteiger partial charge in [-0.3, -0.25) is 0 Å². The summed E-state index contributed by atoms with van der Waals surface area (Å²) in [4.78, 5) is 13.1. The van der Waals surface area contributed by atoms with E-state index in [0.717, 1.165) is 72.4 Å². The average Bonchev–Trinajstić information content (AvgIpc) is 3.33. The zero-order chi connectivity index (χ0) is 46.9. The van der Waals surface area contributed by atoms with Crippen LogP contribution in [0.5, 0.6) is 51.7 Å². The van der Waals surface area contributed by atoms with E-state index in [4.69, 9.17) is 42.6 Å². The van der Waals surface area contributed by atoms with Crippen LogP contribution in [0.15, 0.2) is 84.9 Å². The van der Waals surface area contributed by atoms with Crippen LogP contribution in [0.25, 0.3) is 0 Å². The Labute approximate surface area is 388 Å². The van der Waals surface area contributed by atoms with Crippen LogP contribution in [0.1, 0.15) is 66.8 Å². The first-order chi connectivity index (χ1) is 32.0. The van der Waals surface area contributed by atoms with Crippen molar-refractivity contribution >= 4 is 11.7 Å². The summed E-state index contributed by atoms with van der Waals surface area (Å²) < 4.78 is 54.6. The maximum atomic E-state index is 13.1. The number of aryl methyl sites for hydroxylation is 1. The highest BCUT2D eigenvalue weighted by atomic mass is 16.5. The number of urea groups is 1. The van der Waals surface area contributed by atoms with Crippen LogP contribution >= 0.6 is 0 Å². The highest BCUT2D eigenvalue weighted by Gasteiger charge is 2.23. The Kier molecular flexibility index (Phi) is 15.0. The minimum Gasteiger partial charge on any atom is -0.496 e. The summed E-state index contributed by atoms with van der Waals surface area (Å²) in [6.45, 7) is 2.39. The third kappa shape index (κ3) is 10.3. The zero-order valence-electron chi connectivity index (χ0n) is 39.6. The van der Waals surface area contributed by atoms with Crippen molar-refractivity contribution in [3.63, 3.8) is 0 Å². The molecule has 66 heavy (non-hydrogen) atoms. The molecule has 0 fully saturated rings. The van der Waals surface area contributed by atoms with Gasteiger partial charge in [0, 0.05) is 88.8 Å². The van der Waals surface area contributed by atoms with E-state index >= 15 is 0 Å². The molecule has 6 aromatic carbocycles. The monoisotopic (exact) mass is 896 g/mol. The molecule has 346 valence electrons. The fraction of sp³-hybridized carbons (Fsp3) is 0.315. The number of rotatable bonds is 13. The Hall–Kier alpha value is -7.21. The van der Waals surface area contributed by atoms with Gasteiger partial charge in [-0.25, -0.2) is 4.79 Å². The first-order valence-corrected chi connectivity index (χ1v) is 21.8. The lowest BCUT2D eigenvalue weighted by atomic mass is 9.91. The number of hydrogen-bond acceptors (Lipinski definition) is 10. The molecule has 16 rings (SSSR count). The van der Waals surface area contributed by atoms with E-state index in [9.17, 15) is 4.79 Å². The summed E-state index contributed by atoms with van der Waals surface area (Å²) >= 11 is 0. The number of methoxy groups -OCH3 is 9. The highest BCUT2D eigenvalue weighted by Crippen LogP contribution is 2.41. The van der Waals surface area contributed by atoms with Crippen molar-refractivity contribution in [2.45, 2.75) is 45.4 Å². The van der Waals surface area contributed by atoms with Crippen molar-refractivity contribution in [2.24, 2.45) is 0 Å². The second-order valence-electron chi connectivity index (χ2n) is 16.2. The third-order valence-corrected chi connectivity index (χ3v) is 12.2. The van der Waals surface area contributed by atoms with Gasteiger partial charge < -0.3 is 53.3 Å². The molecule has 0 saturated carbocycles. The Morgan fingerprint density at radius 3 is 0.939 bits per heavy atom. The van der Waals surface area contributed by atoms with E-state index in [1.165, 1.54) is 0 Å². The Bertz CT molecular complexity index is 2690. The lowest BCUT2D eigenvalue weighted by molar-refractivity contribution is 0.252. The standard InChI is InChI=1S/C54H60N2O10/c1-32-11-13-44(14-12-32)56-54(57)55-16-15-33-17-35-19-37-25-49(62-6)39(27-48(37)61-5)21-41-29-53(66-10)43(31-52(41)65-9)22-42-30-50(63-7)40(28-51(42)64-8)20-38-26-46(59-3)36(24-47(38)60-4)18-34(33)23-45(35)58-2/h11-14,17,23-31H,15-16,18-22H2,1-10H3,(H2,55,56,57). The van der Waals surface area contributed by atoms with Crippen LogP contribution < -0.4 is 53.3 Å². The van der Waals surface area contributed by atoms with Gasteiger partial charge in [-0.2, -0.15) is 0 Å². The molecule has 0 aromatic heterocycles. The molecule has 0 heterocycles. The number of benzene rings is 6. The van der Waals surface area contributed by atoms with Gasteiger partial charge in [0.15, 0.2) is 0 Å². The molecule has 10 aliphatic carbocycles. The lowest BCUT2D eigenvalue weighted by Gasteiger charge is -2.20. The number of amides is 2. The summed E-state index contributed by atoms with van der Waals surface area (Å²) in [6, 6.07) is 27.8. The maximum Gasteiger partial charge on any atom is 0.319 e. The van der Waals surface area contributed by atoms with E-state index in [0.29, 0.717) is 96.8 Å². The van der Waals surface area contributed by atoms with E-state index in [2.05, 4.69) is 22.8 Å². The molecular formula is C54H60N2O10. The molecule has 6 aromatic rings. The Morgan fingerprint density at radius 1 is 0.394 bits per heavy atom. The molecule has 0 unspecified atom stereocenters. The second kappa shape index (κ2) is 21.2. The van der Waals surface area contributed by atoms with E-state index < -0.39 is 0 Å². The maximum absolute atomic E-state index is 13.1. The average molecular weight is 897 g/mol. The topological polar surface area (TPSA) is 124 Å². The van der Waals surface area contributed by atoms with Crippen LogP contribution in [0, 0.1) is 6.92 Å². The van der Waals surface area contributed by atoms with Crippen LogP contribution in [-0.4, -0.2) is 76.6 Å². The van der Waals surface area contributed by atoms with E-state index in [1.54, 1.807) is 64.0 Å². The van der Waals surface area contributed by atoms with Crippen molar-refractivity contribution in [1.29, 1.82) is 0 Å². The van der Waals surface area contributed by atoms with Crippen LogP contribution in [0.2, 0.25) is 0 Å². The Balaban J connectivity index is 1.39. The van der Waals surface area contributed by atoms with Gasteiger partial charge in [0.05, 0.1) is 64.0 Å². The molecule has 12 heteroatoms. The third-order valence-electron chi connectivity index (χ3n) is 12.2. The van der Waals surface area contributed by atoms with Gasteiger partial charge in [0.2, 0.25) is 0 Å². The summed E-state index contributed by atoms with van der Waals surface area (Å²) in [5.74, 6) is 6.30. The number of carbonyl (C=O) groups excluding carboxylic acids is 1. The predicted octanol–water partition coefficient (Wildman–Crippen LogP) is 9.70. The van der Waals surface area contributed by atoms with Gasteiger partial charge in [-0.05, 0) is 96.8 Å². The number of carbonyl (C=O) groups is 1. The molecule has 12 nitrogen and oxygen atoms in total. The summed E-state index contributed by atoms with van der Waals surface area (Å²) in [5.41, 5.74) is 12.1. The normalized spacial score (nSPS) is 12.0. The van der Waals surface area contributed by atoms with Gasteiger partial charge in [0.1, 0.15) is 51.7 Å². The van der Waals surface area contributed by atoms with E-state index in [-0.39, 0.29) is 6.03 Å². The van der Waals surface area contributed by atoms with E-state index in [1.807, 2.05) is 79.7 Å². The van der Waals surface area contributed by atoms with Crippen molar-refractivity contribution < 1.29 is 47.4 Å². The lowest BCUT2D eigenvalue weighted by Crippen LogP contribution is -2.30. The van der Waals surface area contributed by atoms with Crippen molar-refractivity contribution in [2.75, 3.05) is 75.8 Å². The molecule has 0 radical (unpaired) electrons. The van der Waals surface area contributed by atoms with Crippen LogP contribution in [0.4, 0.5) is 10.5 Å². The molecule has 0 atom stereocenters. The van der Waals surface area contributed by atoms with Crippen LogP contribution in [-0.2, 0) is 38.5 Å². The number of hydrogen-bond donors (Lipinski definition) is 2. The minimum absolute atomic E-state index is 0.287. The smallest absolute Gasteiger partial charge is 0.319 e. The first-order valence-electron chi connectivity index (χ1n) is 21.8. The quantitative estimate of drug-likeness (QED) is 0.116. The number of ether oxygens (including phenoxy) is 9. The largest absolute Gasteiger partial charge is 0.496 e. The van der Waals surface area contributed by atoms with Gasteiger partial charge >= 0.3 is 6.03 Å². The number of nitrogens with one attached hydrogen (secondary N) is 2. The van der Waals surface area contributed by atoms with Crippen LogP contribution in [0.3, 0.4) is 0 Å². The first kappa shape index (κ1) is 46.8. The molecule has 0 aliphatic heterocycles. The summed E-state index contributed by atoms with van der Waals surface area (Å²) in [6.07, 6.45) is 2.94. The Morgan fingerprint density at radius 2 is 0.652 bits per heavy atom. The van der Waals surface area contributed by atoms with Gasteiger partial charge in [0.25, 0.3) is 0 Å². The fourth-order valence-corrected chi connectivity index (χ4v) is 8.79. The molecular weight excluding hydrogens is 837 g/mol. The number of anilines is 1. The molecule has 2 amide bonds. The van der Waals surface area contributed by atoms with Gasteiger partial charge in [-0.15, -0.1) is 0 Å². The summed E-state index contributed by atoms with van der Waals surface area (Å²) in [7, 11) is 15.1. The van der Waals surface area contributed by atoms with Gasteiger partial charge in [-0.1, -0.05) is 23.8 Å². The molecule has 10 bridgehead atoms. The minimum atomic E-state index is -0.287. The zero-order valence-corrected chi connectivity index (χ0v) is 39.6. The highest BCUT2D eigenvalue weighted by molar-refractivity contribution is 5.89. The molecule has 0 saturated heterocycles. The molecule has 10 aliphatic rings. The van der Waals surface area contributed by atoms with Crippen molar-refractivity contribution in [1.82, 2.24) is 5.32 Å². The van der Waals surface area contributed by atoms with Crippen molar-refractivity contribution in [3.05, 3.63) is 152 Å².